The van der Waals surface area contributed by atoms with Crippen LogP contribution in [-0.4, -0.2) is 37.2 Å². The number of hydrogen-bond donors (Lipinski definition) is 0. The normalized spacial score (nSPS) is 12.1. The molecule has 0 fully saturated rings. The molecule has 0 radical (unpaired) electrons. The van der Waals surface area contributed by atoms with E-state index in [9.17, 15) is 14.4 Å². The molecule has 0 aromatic heterocycles. The van der Waals surface area contributed by atoms with Gasteiger partial charge in [0.25, 0.3) is 0 Å². The Morgan fingerprint density at radius 2 is 0.600 bits per heavy atom. The van der Waals surface area contributed by atoms with E-state index < -0.39 is 6.10 Å². The standard InChI is InChI=1S/C49H94O6/c1-6-7-8-9-10-11-12-13-14-15-16-19-24-29-34-39-47(50)53-42-46(55-49(52)41-36-31-26-21-23-28-33-38-45(4)5)43-54-48(51)40-35-30-25-20-17-18-22-27-32-37-44(2)3/h44-46H,6-43H2,1-5H3/t46-/m0/s1. The Bertz CT molecular complexity index is 839. The van der Waals surface area contributed by atoms with Crippen LogP contribution in [0, 0.1) is 11.8 Å². The molecule has 0 rings (SSSR count). The molecule has 6 nitrogen and oxygen atoms in total. The lowest BCUT2D eigenvalue weighted by Crippen LogP contribution is -2.30. The number of carbonyl (C=O) groups is 3. The zero-order valence-electron chi connectivity index (χ0n) is 37.6. The van der Waals surface area contributed by atoms with Crippen LogP contribution in [0.2, 0.25) is 0 Å². The van der Waals surface area contributed by atoms with Crippen molar-refractivity contribution in [2.45, 2.75) is 272 Å². The lowest BCUT2D eigenvalue weighted by Gasteiger charge is -2.18. The number of ether oxygens (including phenoxy) is 3. The smallest absolute Gasteiger partial charge is 0.306 e. The van der Waals surface area contributed by atoms with Crippen LogP contribution in [0.5, 0.6) is 0 Å². The Labute approximate surface area is 342 Å². The van der Waals surface area contributed by atoms with Crippen molar-refractivity contribution in [3.05, 3.63) is 0 Å². The first-order valence-corrected chi connectivity index (χ1v) is 24.2. The summed E-state index contributed by atoms with van der Waals surface area (Å²) in [7, 11) is 0. The van der Waals surface area contributed by atoms with E-state index in [1.165, 1.54) is 154 Å². The Morgan fingerprint density at radius 3 is 0.891 bits per heavy atom. The predicted octanol–water partition coefficient (Wildman–Crippen LogP) is 15.4. The van der Waals surface area contributed by atoms with Gasteiger partial charge in [-0.2, -0.15) is 0 Å². The summed E-state index contributed by atoms with van der Waals surface area (Å²) in [5.74, 6) is 0.729. The van der Waals surface area contributed by atoms with Gasteiger partial charge < -0.3 is 14.2 Å². The van der Waals surface area contributed by atoms with E-state index >= 15 is 0 Å². The van der Waals surface area contributed by atoms with Gasteiger partial charge in [-0.1, -0.05) is 227 Å². The maximum absolute atomic E-state index is 12.7. The molecule has 0 aromatic carbocycles. The largest absolute Gasteiger partial charge is 0.462 e. The zero-order chi connectivity index (χ0) is 40.5. The van der Waals surface area contributed by atoms with Crippen molar-refractivity contribution in [2.24, 2.45) is 11.8 Å². The molecular formula is C49H94O6. The van der Waals surface area contributed by atoms with Gasteiger partial charge >= 0.3 is 17.9 Å². The van der Waals surface area contributed by atoms with Gasteiger partial charge in [0.2, 0.25) is 0 Å². The Hall–Kier alpha value is -1.59. The Morgan fingerprint density at radius 1 is 0.345 bits per heavy atom. The van der Waals surface area contributed by atoms with Gasteiger partial charge in [-0.3, -0.25) is 14.4 Å². The van der Waals surface area contributed by atoms with Crippen LogP contribution in [0.1, 0.15) is 266 Å². The van der Waals surface area contributed by atoms with Crippen molar-refractivity contribution in [1.82, 2.24) is 0 Å². The summed E-state index contributed by atoms with van der Waals surface area (Å²) >= 11 is 0. The van der Waals surface area contributed by atoms with E-state index in [4.69, 9.17) is 14.2 Å². The SMILES string of the molecule is CCCCCCCCCCCCCCCCCC(=O)OC[C@@H](COC(=O)CCCCCCCCCCCC(C)C)OC(=O)CCCCCCCCCC(C)C. The lowest BCUT2D eigenvalue weighted by atomic mass is 10.0. The quantitative estimate of drug-likeness (QED) is 0.0348. The fourth-order valence-electron chi connectivity index (χ4n) is 7.28. The minimum absolute atomic E-state index is 0.0650. The van der Waals surface area contributed by atoms with Crippen molar-refractivity contribution in [3.8, 4) is 0 Å². The first kappa shape index (κ1) is 53.4. The van der Waals surface area contributed by atoms with E-state index in [1.54, 1.807) is 0 Å². The van der Waals surface area contributed by atoms with Gasteiger partial charge in [-0.05, 0) is 31.1 Å². The van der Waals surface area contributed by atoms with Gasteiger partial charge in [0.1, 0.15) is 13.2 Å². The van der Waals surface area contributed by atoms with Gasteiger partial charge in [-0.25, -0.2) is 0 Å². The van der Waals surface area contributed by atoms with Crippen LogP contribution in [0.15, 0.2) is 0 Å². The van der Waals surface area contributed by atoms with Crippen LogP contribution >= 0.6 is 0 Å². The van der Waals surface area contributed by atoms with Crippen molar-refractivity contribution in [2.75, 3.05) is 13.2 Å². The van der Waals surface area contributed by atoms with E-state index in [1.807, 2.05) is 0 Å². The van der Waals surface area contributed by atoms with E-state index in [0.29, 0.717) is 19.3 Å². The van der Waals surface area contributed by atoms with E-state index in [-0.39, 0.29) is 31.1 Å². The van der Waals surface area contributed by atoms with Crippen molar-refractivity contribution < 1.29 is 28.6 Å². The molecular weight excluding hydrogens is 685 g/mol. The summed E-state index contributed by atoms with van der Waals surface area (Å²) < 4.78 is 16.7. The summed E-state index contributed by atoms with van der Waals surface area (Å²) in [6, 6.07) is 0. The first-order valence-electron chi connectivity index (χ1n) is 24.2. The highest BCUT2D eigenvalue weighted by Gasteiger charge is 2.19. The van der Waals surface area contributed by atoms with Crippen LogP contribution in [0.4, 0.5) is 0 Å². The molecule has 1 atom stereocenters. The van der Waals surface area contributed by atoms with Gasteiger partial charge in [-0.15, -0.1) is 0 Å². The molecule has 326 valence electrons. The summed E-state index contributed by atoms with van der Waals surface area (Å²) in [5, 5.41) is 0. The molecule has 0 N–H and O–H groups in total. The molecule has 0 saturated heterocycles. The summed E-state index contributed by atoms with van der Waals surface area (Å²) in [4.78, 5) is 37.8. The number of unbranched alkanes of at least 4 members (excludes halogenated alkanes) is 28. The molecule has 0 aromatic rings. The van der Waals surface area contributed by atoms with Crippen LogP contribution < -0.4 is 0 Å². The molecule has 55 heavy (non-hydrogen) atoms. The van der Waals surface area contributed by atoms with Crippen LogP contribution in [0.25, 0.3) is 0 Å². The molecule has 0 aliphatic rings. The first-order chi connectivity index (χ1) is 26.7. The second-order valence-corrected chi connectivity index (χ2v) is 17.7. The maximum Gasteiger partial charge on any atom is 0.306 e. The second kappa shape index (κ2) is 42.0. The minimum Gasteiger partial charge on any atom is -0.462 e. The average molecular weight is 779 g/mol. The number of hydrogen-bond acceptors (Lipinski definition) is 6. The number of carbonyl (C=O) groups excluding carboxylic acids is 3. The highest BCUT2D eigenvalue weighted by molar-refractivity contribution is 5.71. The van der Waals surface area contributed by atoms with E-state index in [0.717, 1.165) is 69.6 Å². The molecule has 0 bridgehead atoms. The molecule has 0 unspecified atom stereocenters. The molecule has 6 heteroatoms. The second-order valence-electron chi connectivity index (χ2n) is 17.7. The maximum atomic E-state index is 12.7. The predicted molar refractivity (Wildman–Crippen MR) is 233 cm³/mol. The van der Waals surface area contributed by atoms with Gasteiger partial charge in [0.05, 0.1) is 0 Å². The molecule has 0 aliphatic carbocycles. The lowest BCUT2D eigenvalue weighted by molar-refractivity contribution is -0.167. The number of esters is 3. The Balaban J connectivity index is 4.29. The fourth-order valence-corrected chi connectivity index (χ4v) is 7.28. The third kappa shape index (κ3) is 43.4. The van der Waals surface area contributed by atoms with Crippen molar-refractivity contribution >= 4 is 17.9 Å². The van der Waals surface area contributed by atoms with Gasteiger partial charge in [0.15, 0.2) is 6.10 Å². The van der Waals surface area contributed by atoms with Crippen LogP contribution in [-0.2, 0) is 28.6 Å². The van der Waals surface area contributed by atoms with Crippen molar-refractivity contribution in [3.63, 3.8) is 0 Å². The molecule has 0 amide bonds. The summed E-state index contributed by atoms with van der Waals surface area (Å²) in [5.41, 5.74) is 0. The summed E-state index contributed by atoms with van der Waals surface area (Å²) in [6.07, 6.45) is 41.0. The highest BCUT2D eigenvalue weighted by Crippen LogP contribution is 2.17. The van der Waals surface area contributed by atoms with Crippen LogP contribution in [0.3, 0.4) is 0 Å². The van der Waals surface area contributed by atoms with Crippen molar-refractivity contribution in [1.29, 1.82) is 0 Å². The third-order valence-electron chi connectivity index (χ3n) is 11.0. The third-order valence-corrected chi connectivity index (χ3v) is 11.0. The molecule has 0 spiro atoms. The number of rotatable bonds is 43. The van der Waals surface area contributed by atoms with Gasteiger partial charge in [0, 0.05) is 19.3 Å². The fraction of sp³-hybridized carbons (Fsp3) is 0.939. The average Bonchev–Trinajstić information content (AvgIpc) is 3.15. The minimum atomic E-state index is -0.761. The Kier molecular flexibility index (Phi) is 40.8. The monoisotopic (exact) mass is 779 g/mol. The summed E-state index contributed by atoms with van der Waals surface area (Å²) in [6.45, 7) is 11.3. The molecule has 0 heterocycles. The molecule has 0 aliphatic heterocycles. The van der Waals surface area contributed by atoms with E-state index in [2.05, 4.69) is 34.6 Å². The molecule has 0 saturated carbocycles. The topological polar surface area (TPSA) is 78.9 Å². The zero-order valence-corrected chi connectivity index (χ0v) is 37.6. The highest BCUT2D eigenvalue weighted by atomic mass is 16.6.